The zero-order chi connectivity index (χ0) is 36.3. The Labute approximate surface area is 314 Å². The van der Waals surface area contributed by atoms with Crippen LogP contribution < -0.4 is 9.80 Å². The van der Waals surface area contributed by atoms with E-state index in [0.29, 0.717) is 0 Å². The predicted molar refractivity (Wildman–Crippen MR) is 223 cm³/mol. The summed E-state index contributed by atoms with van der Waals surface area (Å²) in [5.41, 5.74) is 20.6. The molecule has 10 rings (SSSR count). The van der Waals surface area contributed by atoms with E-state index in [1.165, 1.54) is 78.4 Å². The van der Waals surface area contributed by atoms with Crippen LogP contribution in [-0.4, -0.2) is 0 Å². The lowest BCUT2D eigenvalue weighted by atomic mass is 9.71. The van der Waals surface area contributed by atoms with Gasteiger partial charge >= 0.3 is 0 Å². The Kier molecular flexibility index (Phi) is 6.65. The summed E-state index contributed by atoms with van der Waals surface area (Å²) in [7, 11) is 0. The lowest BCUT2D eigenvalue weighted by Gasteiger charge is -2.43. The minimum atomic E-state index is -0.199. The molecule has 53 heavy (non-hydrogen) atoms. The van der Waals surface area contributed by atoms with Gasteiger partial charge in [-0.25, -0.2) is 0 Å². The van der Waals surface area contributed by atoms with Crippen LogP contribution >= 0.6 is 0 Å². The Morgan fingerprint density at radius 2 is 0.868 bits per heavy atom. The lowest BCUT2D eigenvalue weighted by Crippen LogP contribution is -2.31. The van der Waals surface area contributed by atoms with E-state index in [2.05, 4.69) is 209 Å². The van der Waals surface area contributed by atoms with E-state index in [9.17, 15) is 0 Å². The number of fused-ring (bicyclic) bond motifs is 9. The van der Waals surface area contributed by atoms with Crippen LogP contribution in [0, 0.1) is 0 Å². The molecule has 7 aromatic rings. The molecule has 1 heterocycles. The summed E-state index contributed by atoms with van der Waals surface area (Å²) in [6.07, 6.45) is 0. The molecule has 0 N–H and O–H groups in total. The third-order valence-corrected chi connectivity index (χ3v) is 12.6. The first-order valence-corrected chi connectivity index (χ1v) is 19.0. The Morgan fingerprint density at radius 1 is 0.358 bits per heavy atom. The summed E-state index contributed by atoms with van der Waals surface area (Å²) in [5.74, 6) is 0. The minimum absolute atomic E-state index is 0.162. The van der Waals surface area contributed by atoms with Crippen molar-refractivity contribution in [2.24, 2.45) is 0 Å². The van der Waals surface area contributed by atoms with Crippen molar-refractivity contribution in [2.45, 2.75) is 57.8 Å². The second-order valence-electron chi connectivity index (χ2n) is 16.6. The molecule has 2 heteroatoms. The summed E-state index contributed by atoms with van der Waals surface area (Å²) in [4.78, 5) is 4.87. The Balaban J connectivity index is 1.15. The molecule has 2 nitrogen and oxygen atoms in total. The summed E-state index contributed by atoms with van der Waals surface area (Å²) < 4.78 is 0. The smallest absolute Gasteiger partial charge is 0.0506 e. The SMILES string of the molecule is CC1(C)c2ccccc2N(c2ccccc2)c2cc3c(cc21)-c1ccc2c(c1C3(C)C)C(C)(C)c1cc(N(c3ccccc3)c3ccccc3)ccc1-2. The fourth-order valence-electron chi connectivity index (χ4n) is 9.98. The molecule has 0 bridgehead atoms. The first-order valence-electron chi connectivity index (χ1n) is 19.0. The Bertz CT molecular complexity index is 2540. The highest BCUT2D eigenvalue weighted by Crippen LogP contribution is 2.62. The van der Waals surface area contributed by atoms with Crippen molar-refractivity contribution in [3.8, 4) is 22.3 Å². The van der Waals surface area contributed by atoms with Crippen molar-refractivity contribution in [2.75, 3.05) is 9.80 Å². The summed E-state index contributed by atoms with van der Waals surface area (Å²) in [6.45, 7) is 14.6. The van der Waals surface area contributed by atoms with Gasteiger partial charge < -0.3 is 9.80 Å². The van der Waals surface area contributed by atoms with E-state index < -0.39 is 0 Å². The average molecular weight is 685 g/mol. The fourth-order valence-corrected chi connectivity index (χ4v) is 9.98. The maximum atomic E-state index is 2.54. The van der Waals surface area contributed by atoms with Gasteiger partial charge in [-0.05, 0) is 122 Å². The van der Waals surface area contributed by atoms with Gasteiger partial charge in [-0.15, -0.1) is 0 Å². The van der Waals surface area contributed by atoms with Crippen LogP contribution in [0.1, 0.15) is 74.9 Å². The van der Waals surface area contributed by atoms with E-state index in [-0.39, 0.29) is 16.2 Å². The van der Waals surface area contributed by atoms with E-state index >= 15 is 0 Å². The van der Waals surface area contributed by atoms with E-state index in [0.717, 1.165) is 11.4 Å². The molecule has 0 saturated carbocycles. The molecule has 0 amide bonds. The van der Waals surface area contributed by atoms with E-state index in [1.54, 1.807) is 0 Å². The minimum Gasteiger partial charge on any atom is -0.310 e. The topological polar surface area (TPSA) is 6.48 Å². The molecule has 0 atom stereocenters. The largest absolute Gasteiger partial charge is 0.310 e. The molecule has 258 valence electrons. The first kappa shape index (κ1) is 31.8. The molecule has 0 unspecified atom stereocenters. The summed E-state index contributed by atoms with van der Waals surface area (Å²) in [5, 5.41) is 0. The van der Waals surface area contributed by atoms with Crippen LogP contribution in [-0.2, 0) is 16.2 Å². The first-order chi connectivity index (χ1) is 25.6. The monoisotopic (exact) mass is 684 g/mol. The van der Waals surface area contributed by atoms with Crippen molar-refractivity contribution >= 4 is 34.1 Å². The van der Waals surface area contributed by atoms with Gasteiger partial charge in [0.25, 0.3) is 0 Å². The summed E-state index contributed by atoms with van der Waals surface area (Å²) >= 11 is 0. The van der Waals surface area contributed by atoms with Gasteiger partial charge in [0.05, 0.1) is 11.4 Å². The number of hydrogen-bond acceptors (Lipinski definition) is 2. The van der Waals surface area contributed by atoms with Crippen molar-refractivity contribution < 1.29 is 0 Å². The predicted octanol–water partition coefficient (Wildman–Crippen LogP) is 13.9. The van der Waals surface area contributed by atoms with Crippen LogP contribution in [0.4, 0.5) is 34.1 Å². The number of rotatable bonds is 4. The third-order valence-electron chi connectivity index (χ3n) is 12.6. The summed E-state index contributed by atoms with van der Waals surface area (Å²) in [6, 6.07) is 58.4. The molecule has 0 radical (unpaired) electrons. The van der Waals surface area contributed by atoms with Crippen LogP contribution in [0.3, 0.4) is 0 Å². The third kappa shape index (κ3) is 4.39. The molecule has 0 saturated heterocycles. The van der Waals surface area contributed by atoms with Gasteiger partial charge in [-0.2, -0.15) is 0 Å². The van der Waals surface area contributed by atoms with Crippen molar-refractivity contribution in [1.29, 1.82) is 0 Å². The second-order valence-corrected chi connectivity index (χ2v) is 16.6. The zero-order valence-corrected chi connectivity index (χ0v) is 31.4. The maximum absolute atomic E-state index is 2.54. The molecule has 0 aromatic heterocycles. The van der Waals surface area contributed by atoms with Crippen molar-refractivity contribution in [3.63, 3.8) is 0 Å². The van der Waals surface area contributed by atoms with Gasteiger partial charge in [-0.1, -0.05) is 133 Å². The molecule has 2 aliphatic carbocycles. The van der Waals surface area contributed by atoms with Gasteiger partial charge in [0, 0.05) is 39.0 Å². The quantitative estimate of drug-likeness (QED) is 0.182. The molecule has 7 aromatic carbocycles. The number of anilines is 6. The van der Waals surface area contributed by atoms with Gasteiger partial charge in [0.1, 0.15) is 0 Å². The number of benzene rings is 7. The highest BCUT2D eigenvalue weighted by molar-refractivity contribution is 5.95. The fraction of sp³-hybridized carbons (Fsp3) is 0.176. The van der Waals surface area contributed by atoms with Gasteiger partial charge in [0.2, 0.25) is 0 Å². The van der Waals surface area contributed by atoms with E-state index in [4.69, 9.17) is 0 Å². The molecular weight excluding hydrogens is 641 g/mol. The molecule has 1 aliphatic heterocycles. The average Bonchev–Trinajstić information content (AvgIpc) is 3.54. The highest BCUT2D eigenvalue weighted by atomic mass is 15.2. The second kappa shape index (κ2) is 11.1. The number of para-hydroxylation sites is 4. The maximum Gasteiger partial charge on any atom is 0.0506 e. The normalized spacial score (nSPS) is 16.2. The van der Waals surface area contributed by atoms with Gasteiger partial charge in [-0.3, -0.25) is 0 Å². The number of nitrogens with zero attached hydrogens (tertiary/aromatic N) is 2. The van der Waals surface area contributed by atoms with Crippen LogP contribution in [0.25, 0.3) is 22.3 Å². The van der Waals surface area contributed by atoms with Crippen LogP contribution in [0.2, 0.25) is 0 Å². The van der Waals surface area contributed by atoms with Crippen LogP contribution in [0.5, 0.6) is 0 Å². The zero-order valence-electron chi connectivity index (χ0n) is 31.4. The van der Waals surface area contributed by atoms with Crippen LogP contribution in [0.15, 0.2) is 158 Å². The standard InChI is InChI=1S/C51H44N2/c1-49(2)41-24-16-17-25-45(41)53(35-22-14-9-15-23-35)46-32-43-40(31-44(46)49)39-29-28-38-37-27-26-36(30-42(37)50(3,4)47(38)48(39)51(43,5)6)52(33-18-10-7-11-19-33)34-20-12-8-13-21-34/h7-32H,1-6H3. The molecule has 0 fully saturated rings. The Hall–Kier alpha value is -5.86. The number of hydrogen-bond donors (Lipinski definition) is 0. The Morgan fingerprint density at radius 3 is 1.49 bits per heavy atom. The molecule has 3 aliphatic rings. The lowest BCUT2D eigenvalue weighted by molar-refractivity contribution is 0.599. The molecule has 0 spiro atoms. The van der Waals surface area contributed by atoms with E-state index in [1.807, 2.05) is 0 Å². The van der Waals surface area contributed by atoms with Crippen molar-refractivity contribution in [3.05, 3.63) is 191 Å². The molecular formula is C51H44N2. The van der Waals surface area contributed by atoms with Gasteiger partial charge in [0.15, 0.2) is 0 Å². The van der Waals surface area contributed by atoms with Crippen molar-refractivity contribution in [1.82, 2.24) is 0 Å². The highest BCUT2D eigenvalue weighted by Gasteiger charge is 2.48.